The van der Waals surface area contributed by atoms with Crippen molar-refractivity contribution in [3.8, 4) is 16.9 Å². The van der Waals surface area contributed by atoms with E-state index in [1.807, 2.05) is 66.7 Å². The number of aromatic nitrogens is 1. The molecule has 1 heterocycles. The Bertz CT molecular complexity index is 1710. The number of fused-ring (bicyclic) bond motifs is 1. The lowest BCUT2D eigenvalue weighted by Crippen LogP contribution is -2.37. The number of hydrogen-bond donors (Lipinski definition) is 3. The number of benzene rings is 4. The molecule has 6 rings (SSSR count). The second-order valence-corrected chi connectivity index (χ2v) is 11.0. The summed E-state index contributed by atoms with van der Waals surface area (Å²) in [7, 11) is 0. The summed E-state index contributed by atoms with van der Waals surface area (Å²) in [4.78, 5) is 30.1. The Morgan fingerprint density at radius 2 is 1.52 bits per heavy atom. The number of nitrogens with zero attached hydrogens (tertiary/aromatic N) is 1. The zero-order valence-electron chi connectivity index (χ0n) is 23.3. The van der Waals surface area contributed by atoms with Crippen LogP contribution in [0.15, 0.2) is 109 Å². The molecule has 1 aliphatic carbocycles. The smallest absolute Gasteiger partial charge is 0.251 e. The molecular formula is C36H33N3O3. The fourth-order valence-corrected chi connectivity index (χ4v) is 5.80. The van der Waals surface area contributed by atoms with Crippen molar-refractivity contribution in [1.29, 1.82) is 0 Å². The molecule has 0 unspecified atom stereocenters. The molecule has 6 heteroatoms. The second kappa shape index (κ2) is 12.3. The van der Waals surface area contributed by atoms with Crippen molar-refractivity contribution in [1.82, 2.24) is 15.6 Å². The van der Waals surface area contributed by atoms with E-state index in [4.69, 9.17) is 0 Å². The van der Waals surface area contributed by atoms with Gasteiger partial charge < -0.3 is 15.7 Å². The molecule has 1 aliphatic rings. The fourth-order valence-electron chi connectivity index (χ4n) is 5.80. The van der Waals surface area contributed by atoms with Crippen LogP contribution in [-0.2, 0) is 6.54 Å². The number of phenols is 1. The summed E-state index contributed by atoms with van der Waals surface area (Å²) < 4.78 is 0. The van der Waals surface area contributed by atoms with Crippen LogP contribution in [0.25, 0.3) is 22.0 Å². The molecular weight excluding hydrogens is 522 g/mol. The first-order chi connectivity index (χ1) is 20.5. The summed E-state index contributed by atoms with van der Waals surface area (Å²) in [5.74, 6) is 0.420. The highest BCUT2D eigenvalue weighted by molar-refractivity contribution is 5.96. The fraction of sp³-hybridized carbons (Fsp3) is 0.194. The monoisotopic (exact) mass is 555 g/mol. The molecule has 0 bridgehead atoms. The van der Waals surface area contributed by atoms with Crippen LogP contribution >= 0.6 is 0 Å². The van der Waals surface area contributed by atoms with Crippen molar-refractivity contribution in [2.24, 2.45) is 0 Å². The minimum Gasteiger partial charge on any atom is -0.506 e. The van der Waals surface area contributed by atoms with Crippen molar-refractivity contribution in [3.63, 3.8) is 0 Å². The van der Waals surface area contributed by atoms with E-state index in [1.54, 1.807) is 18.3 Å². The summed E-state index contributed by atoms with van der Waals surface area (Å²) >= 11 is 0. The summed E-state index contributed by atoms with van der Waals surface area (Å²) in [5.41, 5.74) is 5.62. The predicted molar refractivity (Wildman–Crippen MR) is 165 cm³/mol. The number of pyridine rings is 1. The van der Waals surface area contributed by atoms with Crippen molar-refractivity contribution >= 4 is 22.7 Å². The van der Waals surface area contributed by atoms with Crippen LogP contribution < -0.4 is 10.6 Å². The topological polar surface area (TPSA) is 91.3 Å². The highest BCUT2D eigenvalue weighted by Gasteiger charge is 2.23. The van der Waals surface area contributed by atoms with Gasteiger partial charge in [-0.1, -0.05) is 60.7 Å². The van der Waals surface area contributed by atoms with E-state index >= 15 is 0 Å². The molecule has 2 amide bonds. The maximum absolute atomic E-state index is 13.0. The predicted octanol–water partition coefficient (Wildman–Crippen LogP) is 6.99. The van der Waals surface area contributed by atoms with Crippen LogP contribution in [0.5, 0.6) is 5.75 Å². The largest absolute Gasteiger partial charge is 0.506 e. The highest BCUT2D eigenvalue weighted by Crippen LogP contribution is 2.33. The van der Waals surface area contributed by atoms with Gasteiger partial charge in [0.1, 0.15) is 11.3 Å². The molecule has 1 aromatic heterocycles. The summed E-state index contributed by atoms with van der Waals surface area (Å²) in [6, 6.07) is 32.9. The highest BCUT2D eigenvalue weighted by atomic mass is 16.3. The van der Waals surface area contributed by atoms with E-state index in [0.717, 1.165) is 47.8 Å². The Morgan fingerprint density at radius 3 is 2.31 bits per heavy atom. The molecule has 0 radical (unpaired) electrons. The molecule has 4 aromatic carbocycles. The number of hydrogen-bond acceptors (Lipinski definition) is 4. The van der Waals surface area contributed by atoms with Crippen LogP contribution in [0.4, 0.5) is 0 Å². The van der Waals surface area contributed by atoms with Crippen molar-refractivity contribution in [2.45, 2.75) is 44.2 Å². The molecule has 0 spiro atoms. The third-order valence-electron chi connectivity index (χ3n) is 8.15. The Hall–Kier alpha value is -4.97. The first-order valence-electron chi connectivity index (χ1n) is 14.4. The summed E-state index contributed by atoms with van der Waals surface area (Å²) in [6.07, 6.45) is 5.77. The average molecular weight is 556 g/mol. The third-order valence-corrected chi connectivity index (χ3v) is 8.15. The minimum absolute atomic E-state index is 0.0546. The van der Waals surface area contributed by atoms with Gasteiger partial charge in [-0.05, 0) is 96.3 Å². The number of carbonyl (C=O) groups is 2. The van der Waals surface area contributed by atoms with Crippen molar-refractivity contribution in [3.05, 3.63) is 132 Å². The van der Waals surface area contributed by atoms with Gasteiger partial charge in [-0.15, -0.1) is 0 Å². The van der Waals surface area contributed by atoms with Crippen LogP contribution in [0.3, 0.4) is 0 Å². The number of rotatable bonds is 7. The molecule has 42 heavy (non-hydrogen) atoms. The van der Waals surface area contributed by atoms with Crippen LogP contribution in [0, 0.1) is 0 Å². The lowest BCUT2D eigenvalue weighted by molar-refractivity contribution is 0.0922. The summed E-state index contributed by atoms with van der Waals surface area (Å²) in [6.45, 7) is 0.344. The second-order valence-electron chi connectivity index (χ2n) is 11.0. The van der Waals surface area contributed by atoms with Gasteiger partial charge in [0.15, 0.2) is 0 Å². The molecule has 1 fully saturated rings. The number of amides is 2. The van der Waals surface area contributed by atoms with Crippen LogP contribution in [-0.4, -0.2) is 27.9 Å². The maximum Gasteiger partial charge on any atom is 0.251 e. The third kappa shape index (κ3) is 6.18. The number of aromatic hydroxyl groups is 1. The maximum atomic E-state index is 13.0. The normalized spacial score (nSPS) is 16.6. The Labute approximate surface area is 245 Å². The molecule has 1 saturated carbocycles. The van der Waals surface area contributed by atoms with Gasteiger partial charge in [-0.25, -0.2) is 0 Å². The van der Waals surface area contributed by atoms with E-state index in [0.29, 0.717) is 29.1 Å². The number of nitrogens with one attached hydrogen (secondary N) is 2. The van der Waals surface area contributed by atoms with E-state index in [-0.39, 0.29) is 23.6 Å². The summed E-state index contributed by atoms with van der Waals surface area (Å²) in [5, 5.41) is 17.4. The molecule has 3 N–H and O–H groups in total. The van der Waals surface area contributed by atoms with Gasteiger partial charge in [-0.3, -0.25) is 14.6 Å². The Kier molecular flexibility index (Phi) is 7.95. The van der Waals surface area contributed by atoms with Gasteiger partial charge in [-0.2, -0.15) is 0 Å². The Morgan fingerprint density at radius 1 is 0.738 bits per heavy atom. The van der Waals surface area contributed by atoms with Crippen LogP contribution in [0.1, 0.15) is 63.4 Å². The lowest BCUT2D eigenvalue weighted by atomic mass is 9.82. The molecule has 0 saturated heterocycles. The van der Waals surface area contributed by atoms with E-state index < -0.39 is 0 Å². The van der Waals surface area contributed by atoms with Crippen molar-refractivity contribution < 1.29 is 14.7 Å². The quantitative estimate of drug-likeness (QED) is 0.202. The van der Waals surface area contributed by atoms with Crippen molar-refractivity contribution in [2.75, 3.05) is 0 Å². The number of phenolic OH excluding ortho intramolecular Hbond substituents is 1. The average Bonchev–Trinajstić information content (AvgIpc) is 3.04. The minimum atomic E-state index is -0.198. The standard InChI is InChI=1S/C36H33N3O3/c40-33-22-31(21-29-10-5-19-37-34(29)33)28-8-4-9-30(20-28)35(41)38-23-24-11-13-27(14-12-24)36(42)39-32-17-15-26(16-18-32)25-6-2-1-3-7-25/h1-14,19-22,26,32,40H,15-18,23H2,(H,38,41)(H,39,42). The van der Waals surface area contributed by atoms with Gasteiger partial charge >= 0.3 is 0 Å². The van der Waals surface area contributed by atoms with Gasteiger partial charge in [0, 0.05) is 35.3 Å². The van der Waals surface area contributed by atoms with Gasteiger partial charge in [0.05, 0.1) is 0 Å². The SMILES string of the molecule is O=C(NCc1ccc(C(=O)NC2CCC(c3ccccc3)CC2)cc1)c1cccc(-c2cc(O)c3ncccc3c2)c1. The zero-order chi connectivity index (χ0) is 28.9. The first kappa shape index (κ1) is 27.2. The number of carbonyl (C=O) groups excluding carboxylic acids is 2. The first-order valence-corrected chi connectivity index (χ1v) is 14.4. The van der Waals surface area contributed by atoms with Gasteiger partial charge in [0.25, 0.3) is 11.8 Å². The molecule has 210 valence electrons. The van der Waals surface area contributed by atoms with E-state index in [1.165, 1.54) is 5.56 Å². The molecule has 5 aromatic rings. The van der Waals surface area contributed by atoms with Gasteiger partial charge in [0.2, 0.25) is 0 Å². The zero-order valence-corrected chi connectivity index (χ0v) is 23.3. The van der Waals surface area contributed by atoms with E-state index in [9.17, 15) is 14.7 Å². The lowest BCUT2D eigenvalue weighted by Gasteiger charge is -2.29. The van der Waals surface area contributed by atoms with E-state index in [2.05, 4.69) is 39.9 Å². The van der Waals surface area contributed by atoms with Crippen LogP contribution in [0.2, 0.25) is 0 Å². The Balaban J connectivity index is 1.02. The molecule has 6 nitrogen and oxygen atoms in total. The molecule has 0 aliphatic heterocycles. The molecule has 0 atom stereocenters.